The third kappa shape index (κ3) is 5.34. The third-order valence-electron chi connectivity index (χ3n) is 5.57. The number of nitrogens with zero attached hydrogens (tertiary/aromatic N) is 3. The largest absolute Gasteiger partial charge is 0.472 e. The molecule has 34 heavy (non-hydrogen) atoms. The second kappa shape index (κ2) is 10.4. The van der Waals surface area contributed by atoms with Crippen LogP contribution in [0.4, 0.5) is 8.78 Å². The van der Waals surface area contributed by atoms with Gasteiger partial charge < -0.3 is 15.0 Å². The second-order valence-corrected chi connectivity index (χ2v) is 8.73. The van der Waals surface area contributed by atoms with Crippen LogP contribution in [0.25, 0.3) is 0 Å². The number of hydrogen-bond donors (Lipinski definition) is 1. The molecular formula is C24H23BrF2N4O3. The Balaban J connectivity index is 1.52. The van der Waals surface area contributed by atoms with Crippen LogP contribution in [0.2, 0.25) is 0 Å². The highest BCUT2D eigenvalue weighted by molar-refractivity contribution is 9.10. The van der Waals surface area contributed by atoms with E-state index in [1.54, 1.807) is 30.0 Å². The summed E-state index contributed by atoms with van der Waals surface area (Å²) >= 11 is 3.23. The molecule has 178 valence electrons. The summed E-state index contributed by atoms with van der Waals surface area (Å²) in [5.41, 5.74) is 1.11. The Labute approximate surface area is 203 Å². The van der Waals surface area contributed by atoms with Crippen LogP contribution in [-0.4, -0.2) is 46.5 Å². The standard InChI is InChI=1S/C24H23BrF2N4O3/c1-15-29-22(34-14-18-5-6-19(26)12-20(18)27)21(25)24(33)31(15)13-16-3-2-4-17(11-16)23(32)30-9-7-28-8-10-30/h2-6,11-12,28H,7-10,13-14H2,1H3. The summed E-state index contributed by atoms with van der Waals surface area (Å²) in [5.74, 6) is -1.05. The normalized spacial score (nSPS) is 13.7. The van der Waals surface area contributed by atoms with Crippen LogP contribution in [0.5, 0.6) is 5.88 Å². The van der Waals surface area contributed by atoms with Crippen LogP contribution in [0.15, 0.2) is 51.7 Å². The van der Waals surface area contributed by atoms with Crippen LogP contribution >= 0.6 is 15.9 Å². The number of benzene rings is 2. The molecule has 1 saturated heterocycles. The van der Waals surface area contributed by atoms with E-state index in [4.69, 9.17) is 4.74 Å². The molecular weight excluding hydrogens is 510 g/mol. The molecule has 4 rings (SSSR count). The van der Waals surface area contributed by atoms with Gasteiger partial charge >= 0.3 is 0 Å². The van der Waals surface area contributed by atoms with E-state index >= 15 is 0 Å². The summed E-state index contributed by atoms with van der Waals surface area (Å²) in [6.07, 6.45) is 0. The summed E-state index contributed by atoms with van der Waals surface area (Å²) in [7, 11) is 0. The van der Waals surface area contributed by atoms with Gasteiger partial charge in [-0.1, -0.05) is 12.1 Å². The number of aryl methyl sites for hydroxylation is 1. The van der Waals surface area contributed by atoms with E-state index in [9.17, 15) is 18.4 Å². The first-order valence-electron chi connectivity index (χ1n) is 10.8. The van der Waals surface area contributed by atoms with Gasteiger partial charge in [0.1, 0.15) is 28.5 Å². The quantitative estimate of drug-likeness (QED) is 0.527. The first-order valence-corrected chi connectivity index (χ1v) is 11.6. The van der Waals surface area contributed by atoms with Crippen molar-refractivity contribution in [2.75, 3.05) is 26.2 Å². The van der Waals surface area contributed by atoms with Gasteiger partial charge in [-0.2, -0.15) is 4.98 Å². The maximum Gasteiger partial charge on any atom is 0.272 e. The molecule has 2 heterocycles. The zero-order valence-corrected chi connectivity index (χ0v) is 20.1. The van der Waals surface area contributed by atoms with E-state index in [1.807, 2.05) is 6.07 Å². The predicted molar refractivity (Wildman–Crippen MR) is 126 cm³/mol. The Bertz CT molecular complexity index is 1280. The Morgan fingerprint density at radius 1 is 1.18 bits per heavy atom. The lowest BCUT2D eigenvalue weighted by Crippen LogP contribution is -2.46. The van der Waals surface area contributed by atoms with Gasteiger partial charge in [0.15, 0.2) is 0 Å². The fourth-order valence-electron chi connectivity index (χ4n) is 3.72. The Morgan fingerprint density at radius 3 is 2.68 bits per heavy atom. The van der Waals surface area contributed by atoms with Gasteiger partial charge in [0, 0.05) is 43.4 Å². The van der Waals surface area contributed by atoms with Crippen LogP contribution < -0.4 is 15.6 Å². The van der Waals surface area contributed by atoms with Crippen molar-refractivity contribution >= 4 is 21.8 Å². The molecule has 7 nitrogen and oxygen atoms in total. The van der Waals surface area contributed by atoms with Gasteiger partial charge in [-0.05, 0) is 52.7 Å². The first kappa shape index (κ1) is 24.0. The molecule has 1 amide bonds. The minimum atomic E-state index is -0.739. The summed E-state index contributed by atoms with van der Waals surface area (Å²) in [6, 6.07) is 10.4. The molecule has 1 aromatic heterocycles. The van der Waals surface area contributed by atoms with Crippen molar-refractivity contribution in [3.05, 3.63) is 91.4 Å². The Morgan fingerprint density at radius 2 is 1.94 bits per heavy atom. The average Bonchev–Trinajstić information content (AvgIpc) is 2.84. The van der Waals surface area contributed by atoms with Gasteiger partial charge in [0.25, 0.3) is 11.5 Å². The number of halogens is 3. The number of carbonyl (C=O) groups excluding carboxylic acids is 1. The van der Waals surface area contributed by atoms with Gasteiger partial charge in [0.05, 0.1) is 6.54 Å². The van der Waals surface area contributed by atoms with E-state index in [2.05, 4.69) is 26.2 Å². The minimum Gasteiger partial charge on any atom is -0.472 e. The van der Waals surface area contributed by atoms with Crippen LogP contribution in [0, 0.1) is 18.6 Å². The highest BCUT2D eigenvalue weighted by Crippen LogP contribution is 2.21. The lowest BCUT2D eigenvalue weighted by atomic mass is 10.1. The van der Waals surface area contributed by atoms with E-state index in [1.165, 1.54) is 10.6 Å². The number of hydrogen-bond acceptors (Lipinski definition) is 5. The van der Waals surface area contributed by atoms with Gasteiger partial charge in [-0.15, -0.1) is 0 Å². The molecule has 1 fully saturated rings. The molecule has 1 N–H and O–H groups in total. The van der Waals surface area contributed by atoms with E-state index < -0.39 is 11.6 Å². The first-order chi connectivity index (χ1) is 16.3. The third-order valence-corrected chi connectivity index (χ3v) is 6.25. The highest BCUT2D eigenvalue weighted by atomic mass is 79.9. The zero-order chi connectivity index (χ0) is 24.2. The van der Waals surface area contributed by atoms with Crippen molar-refractivity contribution in [3.63, 3.8) is 0 Å². The molecule has 0 saturated carbocycles. The molecule has 0 aliphatic carbocycles. The van der Waals surface area contributed by atoms with E-state index in [0.717, 1.165) is 30.8 Å². The van der Waals surface area contributed by atoms with Gasteiger partial charge in [-0.25, -0.2) is 8.78 Å². The molecule has 10 heteroatoms. The van der Waals surface area contributed by atoms with Crippen molar-refractivity contribution in [1.82, 2.24) is 19.8 Å². The maximum atomic E-state index is 13.9. The molecule has 2 aromatic carbocycles. The van der Waals surface area contributed by atoms with Crippen molar-refractivity contribution in [3.8, 4) is 5.88 Å². The van der Waals surface area contributed by atoms with Crippen LogP contribution in [-0.2, 0) is 13.2 Å². The summed E-state index contributed by atoms with van der Waals surface area (Å²) in [5, 5.41) is 3.22. The Hall–Kier alpha value is -3.11. The molecule has 0 atom stereocenters. The number of rotatable bonds is 6. The fourth-order valence-corrected chi connectivity index (χ4v) is 4.13. The SMILES string of the molecule is Cc1nc(OCc2ccc(F)cc2F)c(Br)c(=O)n1Cc1cccc(C(=O)N2CCNCC2)c1. The summed E-state index contributed by atoms with van der Waals surface area (Å²) in [6.45, 7) is 4.50. The van der Waals surface area contributed by atoms with Crippen LogP contribution in [0.1, 0.15) is 27.3 Å². The number of ether oxygens (including phenoxy) is 1. The van der Waals surface area contributed by atoms with Crippen molar-refractivity contribution < 1.29 is 18.3 Å². The lowest BCUT2D eigenvalue weighted by molar-refractivity contribution is 0.0735. The van der Waals surface area contributed by atoms with E-state index in [-0.39, 0.29) is 40.5 Å². The molecule has 0 spiro atoms. The molecule has 0 radical (unpaired) electrons. The monoisotopic (exact) mass is 532 g/mol. The maximum absolute atomic E-state index is 13.9. The van der Waals surface area contributed by atoms with Gasteiger partial charge in [0.2, 0.25) is 5.88 Å². The smallest absolute Gasteiger partial charge is 0.272 e. The minimum absolute atomic E-state index is 0.0186. The van der Waals surface area contributed by atoms with E-state index in [0.29, 0.717) is 24.5 Å². The second-order valence-electron chi connectivity index (χ2n) is 7.94. The number of carbonyl (C=O) groups is 1. The number of piperazine rings is 1. The predicted octanol–water partition coefficient (Wildman–Crippen LogP) is 3.27. The molecule has 1 aliphatic heterocycles. The lowest BCUT2D eigenvalue weighted by Gasteiger charge is -2.27. The molecule has 0 unspecified atom stereocenters. The Kier molecular flexibility index (Phi) is 7.38. The van der Waals surface area contributed by atoms with Crippen molar-refractivity contribution in [1.29, 1.82) is 0 Å². The number of aromatic nitrogens is 2. The van der Waals surface area contributed by atoms with Crippen LogP contribution in [0.3, 0.4) is 0 Å². The van der Waals surface area contributed by atoms with Gasteiger partial charge in [-0.3, -0.25) is 14.2 Å². The zero-order valence-electron chi connectivity index (χ0n) is 18.5. The number of nitrogens with one attached hydrogen (secondary N) is 1. The molecule has 0 bridgehead atoms. The average molecular weight is 533 g/mol. The molecule has 3 aromatic rings. The molecule has 1 aliphatic rings. The summed E-state index contributed by atoms with van der Waals surface area (Å²) in [4.78, 5) is 32.0. The number of amides is 1. The summed E-state index contributed by atoms with van der Waals surface area (Å²) < 4.78 is 34.1. The topological polar surface area (TPSA) is 76.5 Å². The fraction of sp³-hybridized carbons (Fsp3) is 0.292. The van der Waals surface area contributed by atoms with Crippen molar-refractivity contribution in [2.24, 2.45) is 0 Å². The van der Waals surface area contributed by atoms with Crippen molar-refractivity contribution in [2.45, 2.75) is 20.1 Å². The highest BCUT2D eigenvalue weighted by Gasteiger charge is 2.19.